The average molecular weight is 245 g/mol. The Morgan fingerprint density at radius 2 is 2.38 bits per heavy atom. The van der Waals surface area contributed by atoms with Crippen LogP contribution >= 0.6 is 11.6 Å². The third kappa shape index (κ3) is 2.31. The van der Waals surface area contributed by atoms with Crippen LogP contribution in [0.3, 0.4) is 0 Å². The van der Waals surface area contributed by atoms with E-state index in [0.717, 1.165) is 44.2 Å². The van der Waals surface area contributed by atoms with Crippen LogP contribution in [0.25, 0.3) is 0 Å². The molecule has 0 spiro atoms. The molecule has 16 heavy (non-hydrogen) atoms. The normalized spacial score (nSPS) is 16.6. The first-order valence-corrected chi connectivity index (χ1v) is 5.95. The summed E-state index contributed by atoms with van der Waals surface area (Å²) in [4.78, 5) is 11.8. The molecule has 0 aliphatic carbocycles. The number of halogens is 1. The van der Waals surface area contributed by atoms with Crippen molar-refractivity contribution >= 4 is 17.4 Å². The van der Waals surface area contributed by atoms with E-state index in [4.69, 9.17) is 16.7 Å². The molecule has 1 aromatic rings. The highest BCUT2D eigenvalue weighted by Crippen LogP contribution is 2.26. The molecule has 0 atom stereocenters. The Bertz CT molecular complexity index is 355. The SMILES string of the molecule is CCN1CN(CCCO)Cc2[nH]c(Cl)nc21. The van der Waals surface area contributed by atoms with Gasteiger partial charge in [-0.25, -0.2) is 4.98 Å². The predicted octanol–water partition coefficient (Wildman–Crippen LogP) is 1.04. The molecule has 2 N–H and O–H groups in total. The average Bonchev–Trinajstić information content (AvgIpc) is 2.65. The molecule has 0 saturated heterocycles. The smallest absolute Gasteiger partial charge is 0.202 e. The summed E-state index contributed by atoms with van der Waals surface area (Å²) >= 11 is 5.87. The van der Waals surface area contributed by atoms with Crippen LogP contribution in [0.5, 0.6) is 0 Å². The topological polar surface area (TPSA) is 55.4 Å². The number of aliphatic hydroxyl groups excluding tert-OH is 1. The van der Waals surface area contributed by atoms with Gasteiger partial charge in [0.25, 0.3) is 0 Å². The van der Waals surface area contributed by atoms with Crippen molar-refractivity contribution in [1.82, 2.24) is 14.9 Å². The fourth-order valence-corrected chi connectivity index (χ4v) is 2.21. The van der Waals surface area contributed by atoms with E-state index >= 15 is 0 Å². The van der Waals surface area contributed by atoms with E-state index in [0.29, 0.717) is 5.28 Å². The van der Waals surface area contributed by atoms with Crippen LogP contribution in [-0.4, -0.2) is 46.3 Å². The van der Waals surface area contributed by atoms with Gasteiger partial charge in [-0.05, 0) is 24.9 Å². The van der Waals surface area contributed by atoms with Gasteiger partial charge in [-0.15, -0.1) is 0 Å². The van der Waals surface area contributed by atoms with Gasteiger partial charge >= 0.3 is 0 Å². The standard InChI is InChI=1S/C10H17ClN4O/c1-2-15-7-14(4-3-5-16)6-8-9(15)13-10(11)12-8/h16H,2-7H2,1H3,(H,12,13). The molecule has 0 aromatic carbocycles. The van der Waals surface area contributed by atoms with E-state index in [-0.39, 0.29) is 6.61 Å². The first-order chi connectivity index (χ1) is 7.74. The van der Waals surface area contributed by atoms with Crippen LogP contribution in [0.15, 0.2) is 0 Å². The van der Waals surface area contributed by atoms with Crippen molar-refractivity contribution in [2.24, 2.45) is 0 Å². The van der Waals surface area contributed by atoms with E-state index in [2.05, 4.69) is 26.7 Å². The molecule has 1 aromatic heterocycles. The summed E-state index contributed by atoms with van der Waals surface area (Å²) in [6, 6.07) is 0. The van der Waals surface area contributed by atoms with Crippen LogP contribution in [0.2, 0.25) is 5.28 Å². The first-order valence-electron chi connectivity index (χ1n) is 5.57. The quantitative estimate of drug-likeness (QED) is 0.831. The van der Waals surface area contributed by atoms with Crippen LogP contribution in [0, 0.1) is 0 Å². The summed E-state index contributed by atoms with van der Waals surface area (Å²) in [5, 5.41) is 9.29. The number of imidazole rings is 1. The number of aliphatic hydroxyl groups is 1. The second kappa shape index (κ2) is 5.03. The lowest BCUT2D eigenvalue weighted by molar-refractivity contribution is 0.210. The largest absolute Gasteiger partial charge is 0.396 e. The van der Waals surface area contributed by atoms with E-state index in [1.165, 1.54) is 0 Å². The minimum Gasteiger partial charge on any atom is -0.396 e. The number of nitrogens with zero attached hydrogens (tertiary/aromatic N) is 3. The van der Waals surface area contributed by atoms with E-state index in [9.17, 15) is 0 Å². The van der Waals surface area contributed by atoms with Crippen LogP contribution < -0.4 is 4.90 Å². The zero-order valence-electron chi connectivity index (χ0n) is 9.41. The molecule has 0 amide bonds. The molecule has 0 fully saturated rings. The summed E-state index contributed by atoms with van der Waals surface area (Å²) in [5.74, 6) is 0.966. The summed E-state index contributed by atoms with van der Waals surface area (Å²) < 4.78 is 0. The maximum atomic E-state index is 8.84. The fourth-order valence-electron chi connectivity index (χ4n) is 2.02. The number of hydrogen-bond donors (Lipinski definition) is 2. The molecule has 1 aliphatic rings. The molecule has 0 unspecified atom stereocenters. The van der Waals surface area contributed by atoms with Crippen molar-refractivity contribution in [3.8, 4) is 0 Å². The van der Waals surface area contributed by atoms with Gasteiger partial charge in [0.05, 0.1) is 12.4 Å². The third-order valence-corrected chi connectivity index (χ3v) is 2.97. The minimum absolute atomic E-state index is 0.235. The van der Waals surface area contributed by atoms with Crippen LogP contribution in [0.4, 0.5) is 5.82 Å². The summed E-state index contributed by atoms with van der Waals surface area (Å²) in [5.41, 5.74) is 1.07. The highest BCUT2D eigenvalue weighted by atomic mass is 35.5. The van der Waals surface area contributed by atoms with Crippen molar-refractivity contribution in [2.75, 3.05) is 31.3 Å². The number of fused-ring (bicyclic) bond motifs is 1. The molecular formula is C10H17ClN4O. The van der Waals surface area contributed by atoms with E-state index in [1.54, 1.807) is 0 Å². The number of aromatic nitrogens is 2. The Hall–Kier alpha value is -0.780. The lowest BCUT2D eigenvalue weighted by Crippen LogP contribution is -2.42. The maximum absolute atomic E-state index is 8.84. The number of aromatic amines is 1. The third-order valence-electron chi connectivity index (χ3n) is 2.79. The Morgan fingerprint density at radius 1 is 1.56 bits per heavy atom. The fraction of sp³-hybridized carbons (Fsp3) is 0.700. The van der Waals surface area contributed by atoms with Gasteiger partial charge in [-0.3, -0.25) is 4.90 Å². The molecule has 1 aliphatic heterocycles. The van der Waals surface area contributed by atoms with Gasteiger partial charge in [-0.1, -0.05) is 0 Å². The zero-order chi connectivity index (χ0) is 11.5. The van der Waals surface area contributed by atoms with E-state index < -0.39 is 0 Å². The molecule has 0 bridgehead atoms. The Kier molecular flexibility index (Phi) is 3.68. The molecule has 90 valence electrons. The second-order valence-corrected chi connectivity index (χ2v) is 4.31. The monoisotopic (exact) mass is 244 g/mol. The zero-order valence-corrected chi connectivity index (χ0v) is 10.2. The molecule has 0 radical (unpaired) electrons. The molecule has 2 rings (SSSR count). The first kappa shape index (κ1) is 11.7. The Labute approximate surface area is 100 Å². The number of H-pyrrole nitrogens is 1. The lowest BCUT2D eigenvalue weighted by Gasteiger charge is -2.34. The van der Waals surface area contributed by atoms with Crippen molar-refractivity contribution < 1.29 is 5.11 Å². The summed E-state index contributed by atoms with van der Waals surface area (Å²) in [6.45, 7) is 5.81. The van der Waals surface area contributed by atoms with Crippen LogP contribution in [-0.2, 0) is 6.54 Å². The van der Waals surface area contributed by atoms with Gasteiger partial charge in [-0.2, -0.15) is 0 Å². The molecule has 0 saturated carbocycles. The molecular weight excluding hydrogens is 228 g/mol. The second-order valence-electron chi connectivity index (χ2n) is 3.96. The van der Waals surface area contributed by atoms with Gasteiger partial charge in [0.1, 0.15) is 0 Å². The molecule has 2 heterocycles. The van der Waals surface area contributed by atoms with Gasteiger partial charge in [0.15, 0.2) is 5.82 Å². The van der Waals surface area contributed by atoms with Crippen molar-refractivity contribution in [2.45, 2.75) is 19.9 Å². The number of rotatable bonds is 4. The highest BCUT2D eigenvalue weighted by molar-refractivity contribution is 6.28. The van der Waals surface area contributed by atoms with Crippen molar-refractivity contribution in [3.63, 3.8) is 0 Å². The van der Waals surface area contributed by atoms with E-state index in [1.807, 2.05) is 0 Å². The Balaban J connectivity index is 2.11. The maximum Gasteiger partial charge on any atom is 0.202 e. The Morgan fingerprint density at radius 3 is 3.06 bits per heavy atom. The summed E-state index contributed by atoms with van der Waals surface area (Å²) in [7, 11) is 0. The highest BCUT2D eigenvalue weighted by Gasteiger charge is 2.24. The molecule has 6 heteroatoms. The van der Waals surface area contributed by atoms with Crippen LogP contribution in [0.1, 0.15) is 19.0 Å². The van der Waals surface area contributed by atoms with Crippen molar-refractivity contribution in [3.05, 3.63) is 11.0 Å². The summed E-state index contributed by atoms with van der Waals surface area (Å²) in [6.07, 6.45) is 0.800. The minimum atomic E-state index is 0.235. The lowest BCUT2D eigenvalue weighted by atomic mass is 10.3. The van der Waals surface area contributed by atoms with Gasteiger partial charge in [0.2, 0.25) is 5.28 Å². The predicted molar refractivity (Wildman–Crippen MR) is 63.6 cm³/mol. The number of hydrogen-bond acceptors (Lipinski definition) is 4. The van der Waals surface area contributed by atoms with Gasteiger partial charge < -0.3 is 15.0 Å². The molecule has 5 nitrogen and oxygen atoms in total. The van der Waals surface area contributed by atoms with Gasteiger partial charge in [0, 0.05) is 26.2 Å². The van der Waals surface area contributed by atoms with Crippen molar-refractivity contribution in [1.29, 1.82) is 0 Å². The number of nitrogens with one attached hydrogen (secondary N) is 1. The number of anilines is 1.